The second-order valence-electron chi connectivity index (χ2n) is 9.19. The SMILES string of the molecule is O=C(NC1CCCCC1)C(c1ccccc1Cl)N(C(=O)c1cc2ccccc2[nH]1)c1cccc(F)c1. The molecule has 1 heterocycles. The van der Waals surface area contributed by atoms with E-state index in [9.17, 15) is 14.0 Å². The van der Waals surface area contributed by atoms with Crippen molar-refractivity contribution in [3.63, 3.8) is 0 Å². The first kappa shape index (κ1) is 24.1. The van der Waals surface area contributed by atoms with Gasteiger partial charge in [0.25, 0.3) is 5.91 Å². The minimum Gasteiger partial charge on any atom is -0.351 e. The first-order valence-electron chi connectivity index (χ1n) is 12.2. The molecule has 1 fully saturated rings. The van der Waals surface area contributed by atoms with Crippen molar-refractivity contribution in [2.75, 3.05) is 4.90 Å². The fourth-order valence-electron chi connectivity index (χ4n) is 4.95. The van der Waals surface area contributed by atoms with E-state index in [1.54, 1.807) is 36.4 Å². The van der Waals surface area contributed by atoms with Crippen LogP contribution < -0.4 is 10.2 Å². The van der Waals surface area contributed by atoms with Crippen molar-refractivity contribution in [1.29, 1.82) is 0 Å². The molecule has 0 spiro atoms. The number of hydrogen-bond donors (Lipinski definition) is 2. The van der Waals surface area contributed by atoms with Gasteiger partial charge in [-0.05, 0) is 49.2 Å². The molecule has 1 aliphatic rings. The summed E-state index contributed by atoms with van der Waals surface area (Å²) in [7, 11) is 0. The molecule has 3 aromatic carbocycles. The van der Waals surface area contributed by atoms with E-state index in [-0.39, 0.29) is 17.6 Å². The monoisotopic (exact) mass is 503 g/mol. The minimum atomic E-state index is -1.10. The number of carbonyl (C=O) groups excluding carboxylic acids is 2. The summed E-state index contributed by atoms with van der Waals surface area (Å²) in [6.45, 7) is 0. The number of nitrogens with zero attached hydrogens (tertiary/aromatic N) is 1. The number of halogens is 2. The number of H-pyrrole nitrogens is 1. The Morgan fingerprint density at radius 3 is 2.44 bits per heavy atom. The van der Waals surface area contributed by atoms with Crippen LogP contribution in [0.3, 0.4) is 0 Å². The van der Waals surface area contributed by atoms with Crippen LogP contribution in [0.25, 0.3) is 10.9 Å². The van der Waals surface area contributed by atoms with Crippen LogP contribution in [0.1, 0.15) is 54.2 Å². The van der Waals surface area contributed by atoms with E-state index in [0.717, 1.165) is 43.0 Å². The summed E-state index contributed by atoms with van der Waals surface area (Å²) in [5.41, 5.74) is 1.83. The van der Waals surface area contributed by atoms with Gasteiger partial charge >= 0.3 is 0 Å². The lowest BCUT2D eigenvalue weighted by atomic mass is 9.94. The number of aromatic nitrogens is 1. The molecule has 0 bridgehead atoms. The summed E-state index contributed by atoms with van der Waals surface area (Å²) in [6.07, 6.45) is 5.01. The van der Waals surface area contributed by atoms with Gasteiger partial charge in [-0.1, -0.05) is 73.3 Å². The summed E-state index contributed by atoms with van der Waals surface area (Å²) in [5, 5.41) is 4.36. The molecule has 0 radical (unpaired) electrons. The number of carbonyl (C=O) groups is 2. The van der Waals surface area contributed by atoms with Gasteiger partial charge < -0.3 is 10.3 Å². The molecule has 1 saturated carbocycles. The fraction of sp³-hybridized carbons (Fsp3) is 0.241. The zero-order valence-corrected chi connectivity index (χ0v) is 20.5. The van der Waals surface area contributed by atoms with E-state index in [1.165, 1.54) is 23.1 Å². The summed E-state index contributed by atoms with van der Waals surface area (Å²) in [6, 6.07) is 20.9. The van der Waals surface area contributed by atoms with Crippen LogP contribution in [-0.2, 0) is 4.79 Å². The molecule has 1 aromatic heterocycles. The topological polar surface area (TPSA) is 65.2 Å². The quantitative estimate of drug-likeness (QED) is 0.304. The second kappa shape index (κ2) is 10.5. The van der Waals surface area contributed by atoms with E-state index >= 15 is 0 Å². The van der Waals surface area contributed by atoms with Crippen molar-refractivity contribution in [2.45, 2.75) is 44.2 Å². The molecule has 5 nitrogen and oxygen atoms in total. The number of hydrogen-bond acceptors (Lipinski definition) is 2. The number of rotatable bonds is 6. The molecule has 36 heavy (non-hydrogen) atoms. The third-order valence-corrected chi connectivity index (χ3v) is 7.07. The molecule has 5 rings (SSSR count). The number of para-hydroxylation sites is 1. The zero-order valence-electron chi connectivity index (χ0n) is 19.7. The predicted molar refractivity (Wildman–Crippen MR) is 141 cm³/mol. The van der Waals surface area contributed by atoms with Crippen LogP contribution in [0.5, 0.6) is 0 Å². The maximum Gasteiger partial charge on any atom is 0.275 e. The normalized spacial score (nSPS) is 14.9. The number of nitrogens with one attached hydrogen (secondary N) is 2. The molecule has 0 aliphatic heterocycles. The standard InChI is InChI=1S/C29H27ClFN3O2/c30-24-15-6-5-14-23(24)27(28(35)32-21-11-2-1-3-12-21)34(22-13-8-10-20(31)18-22)29(36)26-17-19-9-4-7-16-25(19)33-26/h4-10,13-18,21,27,33H,1-3,11-12H2,(H,32,35). The highest BCUT2D eigenvalue weighted by atomic mass is 35.5. The molecule has 1 unspecified atom stereocenters. The molecular formula is C29H27ClFN3O2. The summed E-state index contributed by atoms with van der Waals surface area (Å²) >= 11 is 6.58. The Morgan fingerprint density at radius 1 is 0.944 bits per heavy atom. The largest absolute Gasteiger partial charge is 0.351 e. The molecule has 0 saturated heterocycles. The molecule has 1 aliphatic carbocycles. The number of benzene rings is 3. The van der Waals surface area contributed by atoms with Crippen LogP contribution in [0, 0.1) is 5.82 Å². The van der Waals surface area contributed by atoms with Crippen LogP contribution in [0.2, 0.25) is 5.02 Å². The van der Waals surface area contributed by atoms with Gasteiger partial charge in [-0.2, -0.15) is 0 Å². The van der Waals surface area contributed by atoms with Crippen molar-refractivity contribution in [1.82, 2.24) is 10.3 Å². The number of fused-ring (bicyclic) bond motifs is 1. The first-order valence-corrected chi connectivity index (χ1v) is 12.6. The van der Waals surface area contributed by atoms with Crippen molar-refractivity contribution in [3.8, 4) is 0 Å². The van der Waals surface area contributed by atoms with Crippen LogP contribution in [0.4, 0.5) is 10.1 Å². The average Bonchev–Trinajstić information content (AvgIpc) is 3.32. The van der Waals surface area contributed by atoms with E-state index in [4.69, 9.17) is 11.6 Å². The molecule has 1 atom stereocenters. The Balaban J connectivity index is 1.63. The van der Waals surface area contributed by atoms with Crippen molar-refractivity contribution in [2.24, 2.45) is 0 Å². The van der Waals surface area contributed by atoms with Gasteiger partial charge in [0.05, 0.1) is 0 Å². The number of amides is 2. The van der Waals surface area contributed by atoms with Crippen LogP contribution >= 0.6 is 11.6 Å². The highest BCUT2D eigenvalue weighted by molar-refractivity contribution is 6.31. The van der Waals surface area contributed by atoms with Gasteiger partial charge in [0, 0.05) is 33.2 Å². The van der Waals surface area contributed by atoms with Gasteiger partial charge in [-0.15, -0.1) is 0 Å². The third kappa shape index (κ3) is 5.00. The lowest BCUT2D eigenvalue weighted by Gasteiger charge is -2.33. The molecule has 2 amide bonds. The minimum absolute atomic E-state index is 0.0220. The van der Waals surface area contributed by atoms with Crippen molar-refractivity contribution < 1.29 is 14.0 Å². The number of aromatic amines is 1. The Labute approximate surface area is 214 Å². The van der Waals surface area contributed by atoms with Crippen LogP contribution in [-0.4, -0.2) is 22.8 Å². The van der Waals surface area contributed by atoms with Crippen LogP contribution in [0.15, 0.2) is 78.9 Å². The smallest absolute Gasteiger partial charge is 0.275 e. The molecule has 2 N–H and O–H groups in total. The Morgan fingerprint density at radius 2 is 1.69 bits per heavy atom. The van der Waals surface area contributed by atoms with Gasteiger partial charge in [0.15, 0.2) is 0 Å². The summed E-state index contributed by atoms with van der Waals surface area (Å²) in [5.74, 6) is -1.31. The number of anilines is 1. The Kier molecular flexibility index (Phi) is 7.05. The lowest BCUT2D eigenvalue weighted by Crippen LogP contribution is -2.47. The highest BCUT2D eigenvalue weighted by Crippen LogP contribution is 2.34. The first-order chi connectivity index (χ1) is 17.5. The van der Waals surface area contributed by atoms with Gasteiger partial charge in [0.1, 0.15) is 17.6 Å². The molecule has 184 valence electrons. The second-order valence-corrected chi connectivity index (χ2v) is 9.60. The van der Waals surface area contributed by atoms with Crippen molar-refractivity contribution >= 4 is 40.0 Å². The average molecular weight is 504 g/mol. The van der Waals surface area contributed by atoms with E-state index in [1.807, 2.05) is 24.3 Å². The van der Waals surface area contributed by atoms with Gasteiger partial charge in [-0.25, -0.2) is 4.39 Å². The Hall–Kier alpha value is -3.64. The highest BCUT2D eigenvalue weighted by Gasteiger charge is 2.36. The van der Waals surface area contributed by atoms with Gasteiger partial charge in [-0.3, -0.25) is 14.5 Å². The van der Waals surface area contributed by atoms with Crippen molar-refractivity contribution in [3.05, 3.63) is 101 Å². The zero-order chi connectivity index (χ0) is 25.1. The maximum atomic E-state index is 14.4. The lowest BCUT2D eigenvalue weighted by molar-refractivity contribution is -0.123. The van der Waals surface area contributed by atoms with E-state index in [2.05, 4.69) is 10.3 Å². The van der Waals surface area contributed by atoms with E-state index in [0.29, 0.717) is 16.3 Å². The Bertz CT molecular complexity index is 1360. The molecule has 4 aromatic rings. The fourth-order valence-corrected chi connectivity index (χ4v) is 5.19. The summed E-state index contributed by atoms with van der Waals surface area (Å²) < 4.78 is 14.4. The predicted octanol–water partition coefficient (Wildman–Crippen LogP) is 6.80. The van der Waals surface area contributed by atoms with E-state index < -0.39 is 17.8 Å². The molecule has 7 heteroatoms. The van der Waals surface area contributed by atoms with Gasteiger partial charge in [0.2, 0.25) is 5.91 Å². The summed E-state index contributed by atoms with van der Waals surface area (Å²) in [4.78, 5) is 32.5. The molecular weight excluding hydrogens is 477 g/mol. The third-order valence-electron chi connectivity index (χ3n) is 6.72. The maximum absolute atomic E-state index is 14.4.